The Morgan fingerprint density at radius 2 is 2.08 bits per heavy atom. The Balaban J connectivity index is 0.00000243. The van der Waals surface area contributed by atoms with Gasteiger partial charge in [0.25, 0.3) is 0 Å². The summed E-state index contributed by atoms with van der Waals surface area (Å²) in [7, 11) is 0. The second-order valence-electron chi connectivity index (χ2n) is 6.12. The number of fused-ring (bicyclic) bond motifs is 1. The van der Waals surface area contributed by atoms with Crippen LogP contribution in [0.2, 0.25) is 0 Å². The van der Waals surface area contributed by atoms with E-state index in [4.69, 9.17) is 19.2 Å². The van der Waals surface area contributed by atoms with E-state index in [0.717, 1.165) is 66.6 Å². The van der Waals surface area contributed by atoms with Gasteiger partial charge in [-0.25, -0.2) is 4.99 Å². The molecule has 1 saturated heterocycles. The fraction of sp³-hybridized carbons (Fsp3) is 0.611. The van der Waals surface area contributed by atoms with Crippen molar-refractivity contribution >= 4 is 45.9 Å². The quantitative estimate of drug-likeness (QED) is 0.351. The van der Waals surface area contributed by atoms with Crippen molar-refractivity contribution in [1.29, 1.82) is 0 Å². The largest absolute Gasteiger partial charge is 0.454 e. The van der Waals surface area contributed by atoms with Crippen LogP contribution in [0.3, 0.4) is 0 Å². The van der Waals surface area contributed by atoms with E-state index in [9.17, 15) is 0 Å². The Morgan fingerprint density at radius 3 is 2.77 bits per heavy atom. The maximum atomic E-state index is 5.74. The second-order valence-corrected chi connectivity index (χ2v) is 6.98. The Labute approximate surface area is 180 Å². The molecule has 0 spiro atoms. The molecule has 0 amide bonds. The number of benzene rings is 1. The first-order valence-electron chi connectivity index (χ1n) is 8.94. The van der Waals surface area contributed by atoms with Gasteiger partial charge in [0.15, 0.2) is 17.5 Å². The van der Waals surface area contributed by atoms with E-state index in [1.807, 2.05) is 12.1 Å². The molecule has 1 aromatic rings. The number of ether oxygens (including phenoxy) is 3. The summed E-state index contributed by atoms with van der Waals surface area (Å²) in [6.45, 7) is 8.62. The summed E-state index contributed by atoms with van der Waals surface area (Å²) in [6, 6.07) is 4.05. The van der Waals surface area contributed by atoms with Crippen LogP contribution in [-0.2, 0) is 11.3 Å². The maximum absolute atomic E-state index is 5.74. The molecule has 0 radical (unpaired) electrons. The third-order valence-electron chi connectivity index (χ3n) is 4.38. The predicted octanol–water partition coefficient (Wildman–Crippen LogP) is 3.76. The Morgan fingerprint density at radius 1 is 1.31 bits per heavy atom. The lowest BCUT2D eigenvalue weighted by Gasteiger charge is -2.34. The average Bonchev–Trinajstić information content (AvgIpc) is 3.09. The van der Waals surface area contributed by atoms with Gasteiger partial charge in [0, 0.05) is 26.2 Å². The van der Waals surface area contributed by atoms with Gasteiger partial charge in [-0.05, 0) is 60.3 Å². The zero-order chi connectivity index (χ0) is 17.6. The number of halogens is 2. The number of nitrogens with one attached hydrogen (secondary N) is 1. The number of hydrogen-bond donors (Lipinski definition) is 1. The smallest absolute Gasteiger partial charge is 0.231 e. The van der Waals surface area contributed by atoms with E-state index in [1.54, 1.807) is 0 Å². The highest BCUT2D eigenvalue weighted by Crippen LogP contribution is 2.40. The first kappa shape index (κ1) is 21.6. The SMILES string of the molecule is CCNC(=NCc1cc(Br)c2c(c1)OCO2)N1CCC(OCC)CC1.I. The molecule has 26 heavy (non-hydrogen) atoms. The predicted molar refractivity (Wildman–Crippen MR) is 117 cm³/mol. The number of hydrogen-bond acceptors (Lipinski definition) is 4. The summed E-state index contributed by atoms with van der Waals surface area (Å²) in [5.41, 5.74) is 1.09. The van der Waals surface area contributed by atoms with Gasteiger partial charge < -0.3 is 24.4 Å². The minimum Gasteiger partial charge on any atom is -0.454 e. The summed E-state index contributed by atoms with van der Waals surface area (Å²) in [4.78, 5) is 7.14. The molecule has 0 unspecified atom stereocenters. The van der Waals surface area contributed by atoms with Crippen molar-refractivity contribution in [2.75, 3.05) is 33.0 Å². The molecule has 0 aliphatic carbocycles. The monoisotopic (exact) mass is 539 g/mol. The topological polar surface area (TPSA) is 55.3 Å². The molecular weight excluding hydrogens is 513 g/mol. The number of piperidine rings is 1. The molecule has 0 aromatic heterocycles. The lowest BCUT2D eigenvalue weighted by molar-refractivity contribution is 0.0263. The van der Waals surface area contributed by atoms with Gasteiger partial charge in [-0.1, -0.05) is 0 Å². The van der Waals surface area contributed by atoms with Gasteiger partial charge in [-0.3, -0.25) is 0 Å². The Kier molecular flexibility index (Phi) is 8.75. The minimum atomic E-state index is 0. The molecule has 2 heterocycles. The number of likely N-dealkylation sites (tertiary alicyclic amines) is 1. The molecule has 0 atom stereocenters. The highest BCUT2D eigenvalue weighted by molar-refractivity contribution is 14.0. The van der Waals surface area contributed by atoms with Gasteiger partial charge in [0.2, 0.25) is 6.79 Å². The van der Waals surface area contributed by atoms with E-state index >= 15 is 0 Å². The summed E-state index contributed by atoms with van der Waals surface area (Å²) < 4.78 is 17.6. The van der Waals surface area contributed by atoms with Crippen molar-refractivity contribution in [3.05, 3.63) is 22.2 Å². The Hall–Kier alpha value is -0.740. The van der Waals surface area contributed by atoms with Crippen LogP contribution in [0.1, 0.15) is 32.3 Å². The fourth-order valence-electron chi connectivity index (χ4n) is 3.17. The maximum Gasteiger partial charge on any atom is 0.231 e. The number of aliphatic imine (C=N–C) groups is 1. The third kappa shape index (κ3) is 5.39. The van der Waals surface area contributed by atoms with Gasteiger partial charge in [-0.15, -0.1) is 24.0 Å². The summed E-state index contributed by atoms with van der Waals surface area (Å²) in [6.07, 6.45) is 2.48. The van der Waals surface area contributed by atoms with Crippen LogP contribution in [0.15, 0.2) is 21.6 Å². The van der Waals surface area contributed by atoms with Crippen LogP contribution < -0.4 is 14.8 Å². The Bertz CT molecular complexity index is 622. The molecule has 146 valence electrons. The van der Waals surface area contributed by atoms with Crippen LogP contribution >= 0.6 is 39.9 Å². The van der Waals surface area contributed by atoms with Gasteiger partial charge in [-0.2, -0.15) is 0 Å². The molecular formula is C18H27BrIN3O3. The highest BCUT2D eigenvalue weighted by Gasteiger charge is 2.22. The van der Waals surface area contributed by atoms with E-state index < -0.39 is 0 Å². The molecule has 0 bridgehead atoms. The van der Waals surface area contributed by atoms with E-state index in [0.29, 0.717) is 12.6 Å². The number of guanidine groups is 1. The average molecular weight is 540 g/mol. The van der Waals surface area contributed by atoms with E-state index in [1.165, 1.54) is 0 Å². The van der Waals surface area contributed by atoms with Crippen LogP contribution in [0.25, 0.3) is 0 Å². The summed E-state index contributed by atoms with van der Waals surface area (Å²) >= 11 is 3.54. The summed E-state index contributed by atoms with van der Waals surface area (Å²) in [5.74, 6) is 2.52. The van der Waals surface area contributed by atoms with Crippen molar-refractivity contribution in [2.45, 2.75) is 39.3 Å². The van der Waals surface area contributed by atoms with E-state index in [2.05, 4.69) is 40.0 Å². The molecule has 1 N–H and O–H groups in total. The number of nitrogens with zero attached hydrogens (tertiary/aromatic N) is 2. The normalized spacial score (nSPS) is 17.2. The minimum absolute atomic E-state index is 0. The molecule has 3 rings (SSSR count). The van der Waals surface area contributed by atoms with Crippen LogP contribution in [0, 0.1) is 0 Å². The van der Waals surface area contributed by atoms with Gasteiger partial charge in [0.1, 0.15) is 0 Å². The molecule has 2 aliphatic rings. The highest BCUT2D eigenvalue weighted by atomic mass is 127. The van der Waals surface area contributed by atoms with Crippen molar-refractivity contribution < 1.29 is 14.2 Å². The van der Waals surface area contributed by atoms with Crippen molar-refractivity contribution in [2.24, 2.45) is 4.99 Å². The number of rotatable bonds is 5. The molecule has 6 nitrogen and oxygen atoms in total. The van der Waals surface area contributed by atoms with Crippen molar-refractivity contribution in [3.8, 4) is 11.5 Å². The first-order chi connectivity index (χ1) is 12.2. The van der Waals surface area contributed by atoms with Crippen molar-refractivity contribution in [1.82, 2.24) is 10.2 Å². The molecule has 1 aromatic carbocycles. The molecule has 8 heteroatoms. The third-order valence-corrected chi connectivity index (χ3v) is 4.97. The lowest BCUT2D eigenvalue weighted by atomic mass is 10.1. The van der Waals surface area contributed by atoms with Crippen LogP contribution in [0.4, 0.5) is 0 Å². The van der Waals surface area contributed by atoms with Crippen LogP contribution in [-0.4, -0.2) is 50.0 Å². The standard InChI is InChI=1S/C18H26BrN3O3.HI/c1-3-20-18(22-7-5-14(6-8-22)23-4-2)21-11-13-9-15(19)17-16(10-13)24-12-25-17;/h9-10,14H,3-8,11-12H2,1-2H3,(H,20,21);1H. The lowest BCUT2D eigenvalue weighted by Crippen LogP contribution is -2.47. The molecule has 0 saturated carbocycles. The second kappa shape index (κ2) is 10.6. The van der Waals surface area contributed by atoms with E-state index in [-0.39, 0.29) is 30.8 Å². The van der Waals surface area contributed by atoms with Gasteiger partial charge in [0.05, 0.1) is 17.1 Å². The zero-order valence-electron chi connectivity index (χ0n) is 15.3. The zero-order valence-corrected chi connectivity index (χ0v) is 19.2. The summed E-state index contributed by atoms with van der Waals surface area (Å²) in [5, 5.41) is 3.40. The fourth-order valence-corrected chi connectivity index (χ4v) is 3.78. The van der Waals surface area contributed by atoms with Crippen LogP contribution in [0.5, 0.6) is 11.5 Å². The van der Waals surface area contributed by atoms with Gasteiger partial charge >= 0.3 is 0 Å². The van der Waals surface area contributed by atoms with Crippen molar-refractivity contribution in [3.63, 3.8) is 0 Å². The molecule has 1 fully saturated rings. The first-order valence-corrected chi connectivity index (χ1v) is 9.73. The molecule has 2 aliphatic heterocycles.